The van der Waals surface area contributed by atoms with Crippen LogP contribution in [0.1, 0.15) is 21.6 Å². The Kier molecular flexibility index (Phi) is 4.00. The third-order valence-corrected chi connectivity index (χ3v) is 2.75. The van der Waals surface area contributed by atoms with Gasteiger partial charge in [0.15, 0.2) is 5.78 Å². The molecule has 0 atom stereocenters. The highest BCUT2D eigenvalue weighted by atomic mass is 16.4. The zero-order valence-electron chi connectivity index (χ0n) is 10.5. The summed E-state index contributed by atoms with van der Waals surface area (Å²) in [5.41, 5.74) is 2.24. The molecule has 0 bridgehead atoms. The fourth-order valence-electron chi connectivity index (χ4n) is 1.77. The maximum absolute atomic E-state index is 11.7. The Morgan fingerprint density at radius 2 is 1.85 bits per heavy atom. The van der Waals surface area contributed by atoms with E-state index < -0.39 is 17.5 Å². The minimum atomic E-state index is -1.53. The zero-order valence-corrected chi connectivity index (χ0v) is 10.5. The number of aliphatic hydroxyl groups excluding tert-OH is 1. The molecule has 5 nitrogen and oxygen atoms in total. The first-order valence-electron chi connectivity index (χ1n) is 5.96. The molecule has 102 valence electrons. The fourth-order valence-corrected chi connectivity index (χ4v) is 1.77. The molecule has 0 aliphatic carbocycles. The Balaban J connectivity index is 2.11. The summed E-state index contributed by atoms with van der Waals surface area (Å²) in [5.74, 6) is -3.06. The molecule has 0 fully saturated rings. The number of carbonyl (C=O) groups is 2. The summed E-state index contributed by atoms with van der Waals surface area (Å²) in [7, 11) is 0. The molecule has 0 radical (unpaired) electrons. The monoisotopic (exact) mass is 271 g/mol. The van der Waals surface area contributed by atoms with E-state index in [0.717, 1.165) is 11.3 Å². The molecule has 20 heavy (non-hydrogen) atoms. The Labute approximate surface area is 115 Å². The summed E-state index contributed by atoms with van der Waals surface area (Å²) in [5, 5.41) is 17.5. The average Bonchev–Trinajstić information content (AvgIpc) is 2.88. The van der Waals surface area contributed by atoms with Crippen LogP contribution >= 0.6 is 0 Å². The van der Waals surface area contributed by atoms with Gasteiger partial charge in [0.2, 0.25) is 5.76 Å². The van der Waals surface area contributed by atoms with Gasteiger partial charge in [-0.15, -0.1) is 0 Å². The van der Waals surface area contributed by atoms with E-state index in [1.54, 1.807) is 6.07 Å². The standard InChI is InChI=1S/C15H13NO4/c17-13(8-14(18)15(19)20)11-7-12(16-9-11)6-10-4-2-1-3-5-10/h1-5,7-9,16,18H,6H2,(H,19,20). The highest BCUT2D eigenvalue weighted by molar-refractivity contribution is 6.07. The van der Waals surface area contributed by atoms with E-state index in [2.05, 4.69) is 4.98 Å². The second kappa shape index (κ2) is 5.88. The van der Waals surface area contributed by atoms with Crippen molar-refractivity contribution in [2.24, 2.45) is 0 Å². The number of carboxylic acid groups (broad SMARTS) is 1. The quantitative estimate of drug-likeness (QED) is 0.442. The van der Waals surface area contributed by atoms with Gasteiger partial charge in [-0.25, -0.2) is 4.79 Å². The van der Waals surface area contributed by atoms with Crippen molar-refractivity contribution < 1.29 is 19.8 Å². The number of H-pyrrole nitrogens is 1. The van der Waals surface area contributed by atoms with Crippen LogP contribution in [0.15, 0.2) is 54.4 Å². The van der Waals surface area contributed by atoms with Crippen LogP contribution in [0, 0.1) is 0 Å². The van der Waals surface area contributed by atoms with Gasteiger partial charge in [-0.1, -0.05) is 30.3 Å². The predicted octanol–water partition coefficient (Wildman–Crippen LogP) is 2.31. The largest absolute Gasteiger partial charge is 0.502 e. The Hall–Kier alpha value is -2.82. The number of benzene rings is 1. The summed E-state index contributed by atoms with van der Waals surface area (Å²) < 4.78 is 0. The lowest BCUT2D eigenvalue weighted by molar-refractivity contribution is -0.135. The molecular formula is C15H13NO4. The Morgan fingerprint density at radius 3 is 2.50 bits per heavy atom. The topological polar surface area (TPSA) is 90.4 Å². The van der Waals surface area contributed by atoms with E-state index in [4.69, 9.17) is 10.2 Å². The van der Waals surface area contributed by atoms with E-state index in [-0.39, 0.29) is 0 Å². The minimum absolute atomic E-state index is 0.309. The van der Waals surface area contributed by atoms with E-state index in [9.17, 15) is 9.59 Å². The van der Waals surface area contributed by atoms with Gasteiger partial charge in [-0.2, -0.15) is 0 Å². The van der Waals surface area contributed by atoms with Crippen LogP contribution in [-0.4, -0.2) is 26.9 Å². The summed E-state index contributed by atoms with van der Waals surface area (Å²) in [4.78, 5) is 25.1. The number of aliphatic hydroxyl groups is 1. The number of aliphatic carboxylic acids is 1. The molecule has 0 amide bonds. The van der Waals surface area contributed by atoms with Crippen LogP contribution in [0.3, 0.4) is 0 Å². The van der Waals surface area contributed by atoms with Gasteiger partial charge in [0.25, 0.3) is 0 Å². The van der Waals surface area contributed by atoms with E-state index in [1.807, 2.05) is 30.3 Å². The van der Waals surface area contributed by atoms with E-state index >= 15 is 0 Å². The Bertz CT molecular complexity index is 656. The average molecular weight is 271 g/mol. The summed E-state index contributed by atoms with van der Waals surface area (Å²) in [6, 6.07) is 11.4. The molecule has 0 saturated carbocycles. The summed E-state index contributed by atoms with van der Waals surface area (Å²) in [6.45, 7) is 0. The van der Waals surface area contributed by atoms with Crippen molar-refractivity contribution in [2.75, 3.05) is 0 Å². The SMILES string of the molecule is O=C(O)C(O)=CC(=O)c1c[nH]c(Cc2ccccc2)c1. The molecular weight excluding hydrogens is 258 g/mol. The maximum Gasteiger partial charge on any atom is 0.371 e. The molecule has 0 saturated heterocycles. The van der Waals surface area contributed by atoms with Gasteiger partial charge in [-0.3, -0.25) is 4.79 Å². The van der Waals surface area contributed by atoms with Gasteiger partial charge in [-0.05, 0) is 11.6 Å². The van der Waals surface area contributed by atoms with Crippen LogP contribution in [0.5, 0.6) is 0 Å². The molecule has 5 heteroatoms. The molecule has 0 unspecified atom stereocenters. The van der Waals surface area contributed by atoms with Crippen LogP contribution in [0.4, 0.5) is 0 Å². The summed E-state index contributed by atoms with van der Waals surface area (Å²) in [6.07, 6.45) is 2.83. The van der Waals surface area contributed by atoms with Crippen molar-refractivity contribution in [1.82, 2.24) is 4.98 Å². The molecule has 0 spiro atoms. The first-order chi connectivity index (χ1) is 9.56. The fraction of sp³-hybridized carbons (Fsp3) is 0.0667. The van der Waals surface area contributed by atoms with Crippen LogP contribution in [0.25, 0.3) is 0 Å². The molecule has 0 aliphatic heterocycles. The van der Waals surface area contributed by atoms with E-state index in [1.165, 1.54) is 6.20 Å². The van der Waals surface area contributed by atoms with Crippen molar-refractivity contribution in [3.05, 3.63) is 71.3 Å². The van der Waals surface area contributed by atoms with Crippen LogP contribution < -0.4 is 0 Å². The highest BCUT2D eigenvalue weighted by Crippen LogP contribution is 2.11. The highest BCUT2D eigenvalue weighted by Gasteiger charge is 2.11. The van der Waals surface area contributed by atoms with Gasteiger partial charge in [0.1, 0.15) is 0 Å². The van der Waals surface area contributed by atoms with Crippen LogP contribution in [0.2, 0.25) is 0 Å². The van der Waals surface area contributed by atoms with Crippen molar-refractivity contribution in [3.8, 4) is 0 Å². The predicted molar refractivity (Wildman–Crippen MR) is 72.7 cm³/mol. The first-order valence-corrected chi connectivity index (χ1v) is 5.96. The Morgan fingerprint density at radius 1 is 1.15 bits per heavy atom. The zero-order chi connectivity index (χ0) is 14.5. The molecule has 1 aromatic heterocycles. The lowest BCUT2D eigenvalue weighted by Crippen LogP contribution is -2.03. The number of aromatic amines is 1. The van der Waals surface area contributed by atoms with E-state index in [0.29, 0.717) is 18.1 Å². The number of aromatic nitrogens is 1. The number of ketones is 1. The van der Waals surface area contributed by atoms with Gasteiger partial charge in [0, 0.05) is 30.0 Å². The third-order valence-electron chi connectivity index (χ3n) is 2.75. The van der Waals surface area contributed by atoms with Gasteiger partial charge >= 0.3 is 5.97 Å². The number of allylic oxidation sites excluding steroid dienone is 1. The van der Waals surface area contributed by atoms with Crippen molar-refractivity contribution in [3.63, 3.8) is 0 Å². The smallest absolute Gasteiger partial charge is 0.371 e. The van der Waals surface area contributed by atoms with Crippen molar-refractivity contribution >= 4 is 11.8 Å². The number of carboxylic acids is 1. The lowest BCUT2D eigenvalue weighted by atomic mass is 10.1. The normalized spacial score (nSPS) is 11.3. The number of nitrogens with one attached hydrogen (secondary N) is 1. The third kappa shape index (κ3) is 3.35. The van der Waals surface area contributed by atoms with Crippen molar-refractivity contribution in [1.29, 1.82) is 0 Å². The summed E-state index contributed by atoms with van der Waals surface area (Å²) >= 11 is 0. The first kappa shape index (κ1) is 13.6. The van der Waals surface area contributed by atoms with Crippen molar-refractivity contribution in [2.45, 2.75) is 6.42 Å². The number of rotatable bonds is 5. The van der Waals surface area contributed by atoms with Gasteiger partial charge in [0.05, 0.1) is 0 Å². The molecule has 1 aromatic carbocycles. The molecule has 2 rings (SSSR count). The molecule has 1 heterocycles. The van der Waals surface area contributed by atoms with Gasteiger partial charge < -0.3 is 15.2 Å². The maximum atomic E-state index is 11.7. The number of hydrogen-bond donors (Lipinski definition) is 3. The molecule has 0 aliphatic rings. The molecule has 3 N–H and O–H groups in total. The lowest BCUT2D eigenvalue weighted by Gasteiger charge is -1.97. The number of carbonyl (C=O) groups excluding carboxylic acids is 1. The van der Waals surface area contributed by atoms with Crippen LogP contribution in [-0.2, 0) is 11.2 Å². The number of hydrogen-bond acceptors (Lipinski definition) is 3. The second-order valence-corrected chi connectivity index (χ2v) is 4.27. The second-order valence-electron chi connectivity index (χ2n) is 4.27. The molecule has 2 aromatic rings. The minimum Gasteiger partial charge on any atom is -0.502 e.